The van der Waals surface area contributed by atoms with Gasteiger partial charge in [0, 0.05) is 11.5 Å². The summed E-state index contributed by atoms with van der Waals surface area (Å²) in [4.78, 5) is 11.1. The van der Waals surface area contributed by atoms with Crippen molar-refractivity contribution in [2.75, 3.05) is 4.72 Å². The summed E-state index contributed by atoms with van der Waals surface area (Å²) in [5.74, 6) is 0. The van der Waals surface area contributed by atoms with Crippen molar-refractivity contribution >= 4 is 32.2 Å². The lowest BCUT2D eigenvalue weighted by Gasteiger charge is -2.13. The van der Waals surface area contributed by atoms with Crippen LogP contribution in [-0.2, 0) is 22.9 Å². The van der Waals surface area contributed by atoms with Gasteiger partial charge in [0.15, 0.2) is 0 Å². The summed E-state index contributed by atoms with van der Waals surface area (Å²) in [6, 6.07) is 14.8. The van der Waals surface area contributed by atoms with Crippen LogP contribution in [-0.4, -0.2) is 13.3 Å². The lowest BCUT2D eigenvalue weighted by Crippen LogP contribution is -2.14. The van der Waals surface area contributed by atoms with Crippen LogP contribution in [0.5, 0.6) is 0 Å². The standard InChI is InChI=1S/C18H14N2O4S/c21-20(22)16-11-13-10-9-12-5-4-8-15(17(12)13)18(16)19-25(23,24)14-6-2-1-3-7-14/h1-8,11,19H,9-10H2. The molecule has 4 rings (SSSR count). The number of anilines is 1. The Morgan fingerprint density at radius 1 is 0.960 bits per heavy atom. The molecule has 0 radical (unpaired) electrons. The molecule has 126 valence electrons. The van der Waals surface area contributed by atoms with E-state index in [-0.39, 0.29) is 16.3 Å². The molecule has 1 N–H and O–H groups in total. The quantitative estimate of drug-likeness (QED) is 0.572. The Balaban J connectivity index is 1.95. The van der Waals surface area contributed by atoms with Crippen molar-refractivity contribution in [3.05, 3.63) is 75.8 Å². The molecule has 0 amide bonds. The zero-order valence-corrected chi connectivity index (χ0v) is 13.9. The minimum absolute atomic E-state index is 0.0244. The fourth-order valence-electron chi connectivity index (χ4n) is 3.35. The Hall–Kier alpha value is -2.93. The van der Waals surface area contributed by atoms with Crippen LogP contribution in [0.1, 0.15) is 11.1 Å². The van der Waals surface area contributed by atoms with Gasteiger partial charge in [-0.25, -0.2) is 8.42 Å². The lowest BCUT2D eigenvalue weighted by atomic mass is 10.0. The van der Waals surface area contributed by atoms with E-state index in [4.69, 9.17) is 0 Å². The highest BCUT2D eigenvalue weighted by atomic mass is 32.2. The monoisotopic (exact) mass is 354 g/mol. The van der Waals surface area contributed by atoms with Gasteiger partial charge in [-0.15, -0.1) is 0 Å². The normalized spacial score (nSPS) is 13.1. The van der Waals surface area contributed by atoms with Crippen LogP contribution in [0.3, 0.4) is 0 Å². The average Bonchev–Trinajstić information content (AvgIpc) is 3.02. The van der Waals surface area contributed by atoms with Gasteiger partial charge >= 0.3 is 0 Å². The maximum atomic E-state index is 12.7. The highest BCUT2D eigenvalue weighted by Crippen LogP contribution is 2.41. The molecule has 0 saturated heterocycles. The van der Waals surface area contributed by atoms with Crippen molar-refractivity contribution in [2.45, 2.75) is 17.7 Å². The molecule has 0 saturated carbocycles. The summed E-state index contributed by atoms with van der Waals surface area (Å²) >= 11 is 0. The second-order valence-corrected chi connectivity index (χ2v) is 7.63. The first-order valence-electron chi connectivity index (χ1n) is 7.77. The molecular weight excluding hydrogens is 340 g/mol. The van der Waals surface area contributed by atoms with Crippen molar-refractivity contribution in [3.63, 3.8) is 0 Å². The van der Waals surface area contributed by atoms with Crippen LogP contribution < -0.4 is 4.72 Å². The van der Waals surface area contributed by atoms with E-state index < -0.39 is 14.9 Å². The molecule has 0 aromatic heterocycles. The Bertz CT molecular complexity index is 1110. The third kappa shape index (κ3) is 2.53. The van der Waals surface area contributed by atoms with Gasteiger partial charge in [-0.3, -0.25) is 14.8 Å². The minimum Gasteiger partial charge on any atom is -0.272 e. The molecule has 0 spiro atoms. The summed E-state index contributed by atoms with van der Waals surface area (Å²) < 4.78 is 27.8. The smallest absolute Gasteiger partial charge is 0.272 e. The van der Waals surface area contributed by atoms with E-state index in [1.165, 1.54) is 18.2 Å². The summed E-state index contributed by atoms with van der Waals surface area (Å²) in [5, 5.41) is 13.0. The predicted molar refractivity (Wildman–Crippen MR) is 95.3 cm³/mol. The maximum Gasteiger partial charge on any atom is 0.294 e. The Morgan fingerprint density at radius 3 is 2.40 bits per heavy atom. The van der Waals surface area contributed by atoms with Gasteiger partial charge in [-0.2, -0.15) is 0 Å². The summed E-state index contributed by atoms with van der Waals surface area (Å²) in [7, 11) is -3.92. The van der Waals surface area contributed by atoms with Gasteiger partial charge in [0.25, 0.3) is 15.7 Å². The summed E-state index contributed by atoms with van der Waals surface area (Å²) in [5.41, 5.74) is 1.78. The maximum absolute atomic E-state index is 12.7. The predicted octanol–water partition coefficient (Wildman–Crippen LogP) is 3.65. The molecule has 25 heavy (non-hydrogen) atoms. The van der Waals surface area contributed by atoms with Crippen LogP contribution in [0.25, 0.3) is 10.8 Å². The Morgan fingerprint density at radius 2 is 1.68 bits per heavy atom. The zero-order chi connectivity index (χ0) is 17.6. The number of nitro benzene ring substituents is 1. The van der Waals surface area contributed by atoms with Crippen LogP contribution in [0.15, 0.2) is 59.5 Å². The fourth-order valence-corrected chi connectivity index (χ4v) is 4.47. The number of sulfonamides is 1. The first-order valence-corrected chi connectivity index (χ1v) is 9.25. The zero-order valence-electron chi connectivity index (χ0n) is 13.1. The number of benzene rings is 3. The molecule has 0 aliphatic heterocycles. The molecule has 7 heteroatoms. The van der Waals surface area contributed by atoms with Crippen molar-refractivity contribution < 1.29 is 13.3 Å². The van der Waals surface area contributed by atoms with Crippen molar-refractivity contribution in [3.8, 4) is 0 Å². The van der Waals surface area contributed by atoms with E-state index in [2.05, 4.69) is 4.72 Å². The van der Waals surface area contributed by atoms with E-state index in [9.17, 15) is 18.5 Å². The van der Waals surface area contributed by atoms with E-state index in [0.29, 0.717) is 5.39 Å². The van der Waals surface area contributed by atoms with Crippen LogP contribution in [0, 0.1) is 10.1 Å². The fraction of sp³-hybridized carbons (Fsp3) is 0.111. The lowest BCUT2D eigenvalue weighted by molar-refractivity contribution is -0.383. The largest absolute Gasteiger partial charge is 0.294 e. The van der Waals surface area contributed by atoms with E-state index >= 15 is 0 Å². The molecular formula is C18H14N2O4S. The molecule has 3 aromatic carbocycles. The number of hydrogen-bond donors (Lipinski definition) is 1. The second-order valence-electron chi connectivity index (χ2n) is 5.95. The van der Waals surface area contributed by atoms with Gasteiger partial charge in [-0.1, -0.05) is 36.4 Å². The number of nitrogens with zero attached hydrogens (tertiary/aromatic N) is 1. The third-order valence-corrected chi connectivity index (χ3v) is 5.82. The molecule has 0 fully saturated rings. The Labute approximate surface area is 144 Å². The second kappa shape index (κ2) is 5.56. The minimum atomic E-state index is -3.92. The highest BCUT2D eigenvalue weighted by Gasteiger charge is 2.27. The number of rotatable bonds is 4. The third-order valence-electron chi connectivity index (χ3n) is 4.46. The molecule has 0 heterocycles. The van der Waals surface area contributed by atoms with Gasteiger partial charge in [-0.05, 0) is 41.5 Å². The first kappa shape index (κ1) is 15.6. The van der Waals surface area contributed by atoms with E-state index in [0.717, 1.165) is 29.4 Å². The Kier molecular flexibility index (Phi) is 3.47. The van der Waals surface area contributed by atoms with Crippen LogP contribution in [0.4, 0.5) is 11.4 Å². The van der Waals surface area contributed by atoms with Crippen molar-refractivity contribution in [2.24, 2.45) is 0 Å². The number of hydrogen-bond acceptors (Lipinski definition) is 4. The van der Waals surface area contributed by atoms with Gasteiger partial charge in [0.1, 0.15) is 5.69 Å². The van der Waals surface area contributed by atoms with Gasteiger partial charge in [0.05, 0.1) is 9.82 Å². The topological polar surface area (TPSA) is 89.3 Å². The van der Waals surface area contributed by atoms with Crippen LogP contribution in [0.2, 0.25) is 0 Å². The molecule has 0 bridgehead atoms. The van der Waals surface area contributed by atoms with Gasteiger partial charge < -0.3 is 0 Å². The number of aryl methyl sites for hydroxylation is 2. The van der Waals surface area contributed by atoms with Crippen LogP contribution >= 0.6 is 0 Å². The number of nitro groups is 1. The molecule has 0 atom stereocenters. The molecule has 1 aliphatic rings. The molecule has 0 unspecified atom stereocenters. The van der Waals surface area contributed by atoms with E-state index in [1.54, 1.807) is 30.3 Å². The summed E-state index contributed by atoms with van der Waals surface area (Å²) in [6.45, 7) is 0. The van der Waals surface area contributed by atoms with Crippen molar-refractivity contribution in [1.82, 2.24) is 0 Å². The number of nitrogens with one attached hydrogen (secondary N) is 1. The van der Waals surface area contributed by atoms with E-state index in [1.807, 2.05) is 6.07 Å². The highest BCUT2D eigenvalue weighted by molar-refractivity contribution is 7.92. The molecule has 6 nitrogen and oxygen atoms in total. The summed E-state index contributed by atoms with van der Waals surface area (Å²) in [6.07, 6.45) is 1.53. The average molecular weight is 354 g/mol. The van der Waals surface area contributed by atoms with Gasteiger partial charge in [0.2, 0.25) is 0 Å². The first-order chi connectivity index (χ1) is 12.0. The molecule has 1 aliphatic carbocycles. The molecule has 3 aromatic rings. The van der Waals surface area contributed by atoms with Crippen molar-refractivity contribution in [1.29, 1.82) is 0 Å². The SMILES string of the molecule is O=[N+]([O-])c1cc2c3c(cccc3c1NS(=O)(=O)c1ccccc1)CC2.